The number of para-hydroxylation sites is 2. The Kier molecular flexibility index (Phi) is 6.33. The Morgan fingerprint density at radius 2 is 1.78 bits per heavy atom. The Labute approximate surface area is 217 Å². The van der Waals surface area contributed by atoms with E-state index in [1.165, 1.54) is 4.88 Å². The molecule has 0 fully saturated rings. The number of carbonyl (C=O) groups excluding carboxylic acids is 2. The van der Waals surface area contributed by atoms with Crippen LogP contribution in [0.1, 0.15) is 67.4 Å². The monoisotopic (exact) mass is 499 g/mol. The van der Waals surface area contributed by atoms with Gasteiger partial charge in [0.2, 0.25) is 0 Å². The van der Waals surface area contributed by atoms with E-state index < -0.39 is 0 Å². The first-order valence-corrected chi connectivity index (χ1v) is 13.5. The molecule has 0 saturated heterocycles. The van der Waals surface area contributed by atoms with Gasteiger partial charge in [-0.15, -0.1) is 11.3 Å². The molecular formula is C30H33N3O2S. The maximum absolute atomic E-state index is 13.7. The first-order valence-electron chi connectivity index (χ1n) is 12.7. The number of amides is 2. The van der Waals surface area contributed by atoms with Crippen LogP contribution in [0.5, 0.6) is 0 Å². The average Bonchev–Trinajstić information content (AvgIpc) is 3.33. The maximum atomic E-state index is 13.7. The molecule has 186 valence electrons. The second kappa shape index (κ2) is 9.32. The molecule has 1 atom stereocenters. The fourth-order valence-corrected chi connectivity index (χ4v) is 6.58. The highest BCUT2D eigenvalue weighted by molar-refractivity contribution is 7.16. The van der Waals surface area contributed by atoms with Crippen LogP contribution in [0.2, 0.25) is 0 Å². The van der Waals surface area contributed by atoms with Gasteiger partial charge in [0.1, 0.15) is 10.7 Å². The molecule has 2 aromatic carbocycles. The molecule has 0 unspecified atom stereocenters. The standard InChI is InChI=1S/C30H33N3O2S/c1-18(2)33-23-14-10-9-13-21(23)26(29(33)35)32-28-25(27(34)31-20-11-7-6-8-12-20)22-16-15-19(30(3,4)5)17-24(22)36-28/h6-14,18-19H,15-17H2,1-5H3,(H,31,34)/t19-/m1/s1. The number of fused-ring (bicyclic) bond motifs is 2. The largest absolute Gasteiger partial charge is 0.322 e. The third kappa shape index (κ3) is 4.39. The van der Waals surface area contributed by atoms with Crippen LogP contribution in [-0.2, 0) is 17.6 Å². The van der Waals surface area contributed by atoms with Gasteiger partial charge in [-0.05, 0) is 68.2 Å². The summed E-state index contributed by atoms with van der Waals surface area (Å²) < 4.78 is 0. The Morgan fingerprint density at radius 1 is 1.08 bits per heavy atom. The predicted octanol–water partition coefficient (Wildman–Crippen LogP) is 7.03. The van der Waals surface area contributed by atoms with Gasteiger partial charge >= 0.3 is 0 Å². The van der Waals surface area contributed by atoms with Crippen LogP contribution >= 0.6 is 11.3 Å². The fraction of sp³-hybridized carbons (Fsp3) is 0.367. The molecule has 6 heteroatoms. The van der Waals surface area contributed by atoms with Gasteiger partial charge in [0, 0.05) is 22.2 Å². The van der Waals surface area contributed by atoms with Crippen LogP contribution in [0.25, 0.3) is 0 Å². The number of aliphatic imine (C=N–C) groups is 1. The Hall–Kier alpha value is -3.25. The SMILES string of the molecule is CC(C)N1C(=O)C(=Nc2sc3c(c2C(=O)Nc2ccccc2)CC[C@@H](C(C)(C)C)C3)c2ccccc21. The summed E-state index contributed by atoms with van der Waals surface area (Å²) in [4.78, 5) is 35.1. The number of anilines is 2. The minimum absolute atomic E-state index is 0.0104. The number of rotatable bonds is 4. The van der Waals surface area contributed by atoms with Crippen LogP contribution in [0.4, 0.5) is 16.4 Å². The molecule has 5 nitrogen and oxygen atoms in total. The molecule has 1 N–H and O–H groups in total. The summed E-state index contributed by atoms with van der Waals surface area (Å²) in [7, 11) is 0. The van der Waals surface area contributed by atoms with E-state index in [4.69, 9.17) is 4.99 Å². The van der Waals surface area contributed by atoms with Gasteiger partial charge < -0.3 is 10.2 Å². The van der Waals surface area contributed by atoms with Crippen molar-refractivity contribution < 1.29 is 9.59 Å². The highest BCUT2D eigenvalue weighted by Gasteiger charge is 2.37. The van der Waals surface area contributed by atoms with E-state index in [1.807, 2.05) is 68.4 Å². The first-order chi connectivity index (χ1) is 17.1. The zero-order chi connectivity index (χ0) is 25.6. The minimum atomic E-state index is -0.160. The molecule has 2 amide bonds. The molecule has 3 aromatic rings. The van der Waals surface area contributed by atoms with Crippen LogP contribution < -0.4 is 10.2 Å². The lowest BCUT2D eigenvalue weighted by molar-refractivity contribution is -0.112. The molecule has 5 rings (SSSR count). The van der Waals surface area contributed by atoms with Crippen molar-refractivity contribution in [2.24, 2.45) is 16.3 Å². The molecule has 0 saturated carbocycles. The van der Waals surface area contributed by atoms with Gasteiger partial charge in [0.15, 0.2) is 0 Å². The molecule has 2 heterocycles. The number of hydrogen-bond donors (Lipinski definition) is 1. The van der Waals surface area contributed by atoms with Crippen molar-refractivity contribution in [3.63, 3.8) is 0 Å². The predicted molar refractivity (Wildman–Crippen MR) is 149 cm³/mol. The van der Waals surface area contributed by atoms with Gasteiger partial charge in [0.25, 0.3) is 11.8 Å². The second-order valence-corrected chi connectivity index (χ2v) is 12.1. The maximum Gasteiger partial charge on any atom is 0.277 e. The van der Waals surface area contributed by atoms with Gasteiger partial charge in [0.05, 0.1) is 11.3 Å². The van der Waals surface area contributed by atoms with Crippen molar-refractivity contribution in [3.8, 4) is 0 Å². The molecule has 2 aliphatic rings. The van der Waals surface area contributed by atoms with Crippen LogP contribution in [0.3, 0.4) is 0 Å². The fourth-order valence-electron chi connectivity index (χ4n) is 5.28. The summed E-state index contributed by atoms with van der Waals surface area (Å²) >= 11 is 1.57. The summed E-state index contributed by atoms with van der Waals surface area (Å²) in [5.74, 6) is 0.269. The van der Waals surface area contributed by atoms with Crippen molar-refractivity contribution in [1.29, 1.82) is 0 Å². The number of hydrogen-bond acceptors (Lipinski definition) is 4. The molecule has 1 aromatic heterocycles. The molecule has 0 radical (unpaired) electrons. The first kappa shape index (κ1) is 24.4. The number of nitrogens with zero attached hydrogens (tertiary/aromatic N) is 2. The number of thiophene rings is 1. The average molecular weight is 500 g/mol. The molecule has 0 bridgehead atoms. The highest BCUT2D eigenvalue weighted by Crippen LogP contribution is 2.46. The number of nitrogens with one attached hydrogen (secondary N) is 1. The topological polar surface area (TPSA) is 61.8 Å². The van der Waals surface area contributed by atoms with Crippen molar-refractivity contribution in [2.75, 3.05) is 10.2 Å². The second-order valence-electron chi connectivity index (χ2n) is 11.1. The van der Waals surface area contributed by atoms with E-state index in [1.54, 1.807) is 16.2 Å². The number of carbonyl (C=O) groups is 2. The summed E-state index contributed by atoms with van der Waals surface area (Å²) in [5, 5.41) is 3.69. The zero-order valence-corrected chi connectivity index (χ0v) is 22.4. The van der Waals surface area contributed by atoms with Crippen molar-refractivity contribution in [1.82, 2.24) is 0 Å². The quantitative estimate of drug-likeness (QED) is 0.419. The summed E-state index contributed by atoms with van der Waals surface area (Å²) in [6, 6.07) is 17.3. The molecule has 1 aliphatic heterocycles. The van der Waals surface area contributed by atoms with Crippen molar-refractivity contribution in [3.05, 3.63) is 76.2 Å². The van der Waals surface area contributed by atoms with Gasteiger partial charge in [-0.1, -0.05) is 57.2 Å². The lowest BCUT2D eigenvalue weighted by Gasteiger charge is -2.33. The van der Waals surface area contributed by atoms with Gasteiger partial charge in [-0.2, -0.15) is 0 Å². The summed E-state index contributed by atoms with van der Waals surface area (Å²) in [6.45, 7) is 10.9. The van der Waals surface area contributed by atoms with Gasteiger partial charge in [-0.3, -0.25) is 9.59 Å². The van der Waals surface area contributed by atoms with Crippen LogP contribution in [-0.4, -0.2) is 23.6 Å². The Morgan fingerprint density at radius 3 is 2.47 bits per heavy atom. The minimum Gasteiger partial charge on any atom is -0.322 e. The van der Waals surface area contributed by atoms with E-state index >= 15 is 0 Å². The third-order valence-electron chi connectivity index (χ3n) is 7.30. The van der Waals surface area contributed by atoms with Gasteiger partial charge in [-0.25, -0.2) is 4.99 Å². The highest BCUT2D eigenvalue weighted by atomic mass is 32.1. The van der Waals surface area contributed by atoms with Crippen molar-refractivity contribution >= 4 is 45.2 Å². The van der Waals surface area contributed by atoms with E-state index in [-0.39, 0.29) is 23.3 Å². The summed E-state index contributed by atoms with van der Waals surface area (Å²) in [6.07, 6.45) is 2.82. The molecule has 0 spiro atoms. The Balaban J connectivity index is 1.62. The van der Waals surface area contributed by atoms with E-state index in [0.29, 0.717) is 22.2 Å². The zero-order valence-electron chi connectivity index (χ0n) is 21.6. The lowest BCUT2D eigenvalue weighted by Crippen LogP contribution is -2.35. The van der Waals surface area contributed by atoms with Crippen LogP contribution in [0, 0.1) is 11.3 Å². The molecule has 1 aliphatic carbocycles. The lowest BCUT2D eigenvalue weighted by atomic mass is 9.72. The number of benzene rings is 2. The summed E-state index contributed by atoms with van der Waals surface area (Å²) in [5.41, 5.74) is 4.76. The molecular weight excluding hydrogens is 466 g/mol. The van der Waals surface area contributed by atoms with Crippen molar-refractivity contribution in [2.45, 2.75) is 59.9 Å². The van der Waals surface area contributed by atoms with Crippen LogP contribution in [0.15, 0.2) is 59.6 Å². The van der Waals surface area contributed by atoms with E-state index in [9.17, 15) is 9.59 Å². The molecule has 36 heavy (non-hydrogen) atoms. The normalized spacial score (nSPS) is 18.5. The third-order valence-corrected chi connectivity index (χ3v) is 8.45. The Bertz CT molecular complexity index is 1350. The van der Waals surface area contributed by atoms with E-state index in [2.05, 4.69) is 26.1 Å². The smallest absolute Gasteiger partial charge is 0.277 e. The van der Waals surface area contributed by atoms with E-state index in [0.717, 1.165) is 41.8 Å².